The molecule has 0 atom stereocenters. The summed E-state index contributed by atoms with van der Waals surface area (Å²) in [6, 6.07) is 0. The maximum Gasteiger partial charge on any atom is 0.340 e. The molecule has 0 radical (unpaired) electrons. The Labute approximate surface area is 95.9 Å². The molecule has 9 heteroatoms. The molecular formula is C7H6BrF4N3O. The molecule has 16 heavy (non-hydrogen) atoms. The number of nitrogens with two attached hydrogens (primary N) is 1. The summed E-state index contributed by atoms with van der Waals surface area (Å²) in [4.78, 5) is 6.98. The molecule has 2 N–H and O–H groups in total. The van der Waals surface area contributed by atoms with Crippen molar-refractivity contribution in [3.63, 3.8) is 0 Å². The lowest BCUT2D eigenvalue weighted by Gasteiger charge is -2.15. The fraction of sp³-hybridized carbons (Fsp3) is 0.429. The largest absolute Gasteiger partial charge is 0.470 e. The Kier molecular flexibility index (Phi) is 3.89. The molecule has 1 heterocycles. The normalized spacial score (nSPS) is 11.9. The van der Waals surface area contributed by atoms with E-state index in [0.717, 1.165) is 6.20 Å². The van der Waals surface area contributed by atoms with Crippen LogP contribution < -0.4 is 10.5 Å². The summed E-state index contributed by atoms with van der Waals surface area (Å²) in [5.41, 5.74) is 5.17. The molecule has 0 aliphatic rings. The molecule has 0 saturated carbocycles. The molecular weight excluding hydrogens is 298 g/mol. The molecule has 1 aromatic heterocycles. The molecule has 90 valence electrons. The second-order valence-electron chi connectivity index (χ2n) is 2.73. The zero-order valence-electron chi connectivity index (χ0n) is 7.63. The van der Waals surface area contributed by atoms with Crippen LogP contribution in [-0.2, 0) is 0 Å². The van der Waals surface area contributed by atoms with Crippen molar-refractivity contribution in [3.05, 3.63) is 10.7 Å². The van der Waals surface area contributed by atoms with Crippen LogP contribution in [0.15, 0.2) is 10.7 Å². The average molecular weight is 304 g/mol. The van der Waals surface area contributed by atoms with Crippen LogP contribution in [0, 0.1) is 0 Å². The van der Waals surface area contributed by atoms with Gasteiger partial charge in [-0.05, 0) is 15.9 Å². The minimum absolute atomic E-state index is 0.145. The molecule has 0 unspecified atom stereocenters. The molecule has 0 saturated heterocycles. The smallest absolute Gasteiger partial charge is 0.340 e. The Morgan fingerprint density at radius 1 is 1.50 bits per heavy atom. The molecule has 0 spiro atoms. The summed E-state index contributed by atoms with van der Waals surface area (Å²) in [5.74, 6) is -4.76. The van der Waals surface area contributed by atoms with E-state index in [1.54, 1.807) is 0 Å². The van der Waals surface area contributed by atoms with Gasteiger partial charge in [-0.25, -0.2) is 13.8 Å². The Hall–Kier alpha value is -1.12. The fourth-order valence-electron chi connectivity index (χ4n) is 0.693. The number of anilines is 1. The third-order valence-electron chi connectivity index (χ3n) is 1.45. The van der Waals surface area contributed by atoms with Gasteiger partial charge in [0.15, 0.2) is 6.61 Å². The number of hydrogen-bond acceptors (Lipinski definition) is 4. The zero-order valence-corrected chi connectivity index (χ0v) is 9.22. The van der Waals surface area contributed by atoms with Gasteiger partial charge in [0.2, 0.25) is 11.8 Å². The van der Waals surface area contributed by atoms with Crippen LogP contribution in [0.2, 0.25) is 0 Å². The Morgan fingerprint density at radius 2 is 2.12 bits per heavy atom. The van der Waals surface area contributed by atoms with Crippen molar-refractivity contribution in [1.29, 1.82) is 0 Å². The van der Waals surface area contributed by atoms with Crippen LogP contribution >= 0.6 is 15.9 Å². The van der Waals surface area contributed by atoms with Crippen LogP contribution in [0.4, 0.5) is 23.5 Å². The number of nitrogen functional groups attached to an aromatic ring is 1. The van der Waals surface area contributed by atoms with Gasteiger partial charge in [0.25, 0.3) is 0 Å². The summed E-state index contributed by atoms with van der Waals surface area (Å²) in [6.45, 7) is -1.49. The van der Waals surface area contributed by atoms with E-state index in [9.17, 15) is 17.6 Å². The molecule has 0 amide bonds. The first kappa shape index (κ1) is 12.9. The van der Waals surface area contributed by atoms with Gasteiger partial charge in [-0.2, -0.15) is 13.8 Å². The van der Waals surface area contributed by atoms with Crippen molar-refractivity contribution in [1.82, 2.24) is 9.97 Å². The molecule has 0 fully saturated rings. The summed E-state index contributed by atoms with van der Waals surface area (Å²) in [7, 11) is 0. The SMILES string of the molecule is Nc1ncc(Br)c(OCC(F)(F)C(F)F)n1. The predicted octanol–water partition coefficient (Wildman–Crippen LogP) is 2.10. The maximum absolute atomic E-state index is 12.5. The van der Waals surface area contributed by atoms with E-state index in [1.165, 1.54) is 0 Å². The van der Waals surface area contributed by atoms with Crippen molar-refractivity contribution < 1.29 is 22.3 Å². The van der Waals surface area contributed by atoms with Gasteiger partial charge in [-0.15, -0.1) is 0 Å². The topological polar surface area (TPSA) is 61.0 Å². The van der Waals surface area contributed by atoms with Crippen molar-refractivity contribution in [2.75, 3.05) is 12.3 Å². The molecule has 0 aliphatic heterocycles. The second-order valence-corrected chi connectivity index (χ2v) is 3.59. The van der Waals surface area contributed by atoms with E-state index in [4.69, 9.17) is 5.73 Å². The summed E-state index contributed by atoms with van der Waals surface area (Å²) >= 11 is 2.90. The lowest BCUT2D eigenvalue weighted by Crippen LogP contribution is -2.34. The fourth-order valence-corrected chi connectivity index (χ4v) is 0.999. The van der Waals surface area contributed by atoms with E-state index < -0.39 is 19.0 Å². The number of ether oxygens (including phenoxy) is 1. The predicted molar refractivity (Wildman–Crippen MR) is 50.6 cm³/mol. The van der Waals surface area contributed by atoms with Gasteiger partial charge in [0, 0.05) is 0 Å². The number of rotatable bonds is 4. The minimum atomic E-state index is -4.24. The Bertz CT molecular complexity index is 377. The van der Waals surface area contributed by atoms with Crippen molar-refractivity contribution in [2.45, 2.75) is 12.3 Å². The van der Waals surface area contributed by atoms with Gasteiger partial charge in [-0.1, -0.05) is 0 Å². The number of alkyl halides is 4. The van der Waals surface area contributed by atoms with Gasteiger partial charge in [-0.3, -0.25) is 0 Å². The van der Waals surface area contributed by atoms with E-state index in [0.29, 0.717) is 0 Å². The number of nitrogens with zero attached hydrogens (tertiary/aromatic N) is 2. The number of hydrogen-bond donors (Lipinski definition) is 1. The van der Waals surface area contributed by atoms with Gasteiger partial charge in [0.1, 0.15) is 0 Å². The van der Waals surface area contributed by atoms with Crippen LogP contribution in [0.25, 0.3) is 0 Å². The zero-order chi connectivity index (χ0) is 12.3. The third-order valence-corrected chi connectivity index (χ3v) is 2.00. The van der Waals surface area contributed by atoms with Crippen LogP contribution in [0.3, 0.4) is 0 Å². The van der Waals surface area contributed by atoms with Crippen molar-refractivity contribution in [2.24, 2.45) is 0 Å². The van der Waals surface area contributed by atoms with Gasteiger partial charge < -0.3 is 10.5 Å². The summed E-state index contributed by atoms with van der Waals surface area (Å²) in [5, 5.41) is 0. The summed E-state index contributed by atoms with van der Waals surface area (Å²) in [6.07, 6.45) is -2.64. The highest BCUT2D eigenvalue weighted by molar-refractivity contribution is 9.10. The lowest BCUT2D eigenvalue weighted by molar-refractivity contribution is -0.148. The molecule has 1 rings (SSSR count). The van der Waals surface area contributed by atoms with E-state index in [-0.39, 0.29) is 16.3 Å². The first-order valence-corrected chi connectivity index (χ1v) is 4.69. The highest BCUT2D eigenvalue weighted by Gasteiger charge is 2.42. The first-order chi connectivity index (χ1) is 7.33. The number of aromatic nitrogens is 2. The standard InChI is InChI=1S/C7H6BrF4N3O/c8-3-1-14-6(13)15-4(3)16-2-7(11,12)5(9)10/h1,5H,2H2,(H2,13,14,15). The van der Waals surface area contributed by atoms with Crippen LogP contribution in [0.5, 0.6) is 5.88 Å². The molecule has 1 aromatic rings. The maximum atomic E-state index is 12.5. The van der Waals surface area contributed by atoms with Gasteiger partial charge >= 0.3 is 12.3 Å². The van der Waals surface area contributed by atoms with Crippen molar-refractivity contribution in [3.8, 4) is 5.88 Å². The summed E-state index contributed by atoms with van der Waals surface area (Å²) < 4.78 is 53.2. The third kappa shape index (κ3) is 3.19. The van der Waals surface area contributed by atoms with E-state index in [2.05, 4.69) is 30.6 Å². The molecule has 4 nitrogen and oxygen atoms in total. The lowest BCUT2D eigenvalue weighted by atomic mass is 10.4. The quantitative estimate of drug-likeness (QED) is 0.865. The second kappa shape index (κ2) is 4.81. The van der Waals surface area contributed by atoms with Crippen molar-refractivity contribution >= 4 is 21.9 Å². The monoisotopic (exact) mass is 303 g/mol. The average Bonchev–Trinajstić information content (AvgIpc) is 2.19. The number of halogens is 5. The first-order valence-electron chi connectivity index (χ1n) is 3.89. The van der Waals surface area contributed by atoms with Crippen LogP contribution in [0.1, 0.15) is 0 Å². The van der Waals surface area contributed by atoms with Crippen LogP contribution in [-0.4, -0.2) is 28.9 Å². The highest BCUT2D eigenvalue weighted by Crippen LogP contribution is 2.27. The van der Waals surface area contributed by atoms with Gasteiger partial charge in [0.05, 0.1) is 10.7 Å². The Balaban J connectivity index is 2.71. The molecule has 0 aromatic carbocycles. The molecule has 0 bridgehead atoms. The highest BCUT2D eigenvalue weighted by atomic mass is 79.9. The molecule has 0 aliphatic carbocycles. The Morgan fingerprint density at radius 3 is 2.69 bits per heavy atom. The van der Waals surface area contributed by atoms with E-state index >= 15 is 0 Å². The van der Waals surface area contributed by atoms with E-state index in [1.807, 2.05) is 0 Å². The minimum Gasteiger partial charge on any atom is -0.470 e.